The summed E-state index contributed by atoms with van der Waals surface area (Å²) in [6, 6.07) is 9.69. The number of benzene rings is 1. The first-order chi connectivity index (χ1) is 11.0. The van der Waals surface area contributed by atoms with E-state index in [9.17, 15) is 0 Å². The van der Waals surface area contributed by atoms with Gasteiger partial charge in [-0.05, 0) is 66.3 Å². The molecule has 0 spiro atoms. The molecule has 1 heteroatoms. The van der Waals surface area contributed by atoms with Crippen LogP contribution in [0.4, 0.5) is 0 Å². The van der Waals surface area contributed by atoms with Gasteiger partial charge < -0.3 is 4.48 Å². The van der Waals surface area contributed by atoms with Gasteiger partial charge in [-0.25, -0.2) is 0 Å². The van der Waals surface area contributed by atoms with Gasteiger partial charge in [0.1, 0.15) is 6.54 Å². The molecule has 3 saturated carbocycles. The topological polar surface area (TPSA) is 0 Å². The highest BCUT2D eigenvalue weighted by Gasteiger charge is 2.60. The summed E-state index contributed by atoms with van der Waals surface area (Å²) < 4.78 is 1.01. The Labute approximate surface area is 141 Å². The Morgan fingerprint density at radius 3 is 2.26 bits per heavy atom. The van der Waals surface area contributed by atoms with Crippen LogP contribution >= 0.6 is 0 Å². The van der Waals surface area contributed by atoms with Crippen molar-refractivity contribution < 1.29 is 4.48 Å². The molecule has 5 rings (SSSR count). The molecule has 4 aliphatic carbocycles. The highest BCUT2D eigenvalue weighted by molar-refractivity contribution is 5.30. The molecular weight excluding hydrogens is 278 g/mol. The van der Waals surface area contributed by atoms with Crippen LogP contribution in [-0.4, -0.2) is 25.6 Å². The minimum atomic E-state index is 0.854. The summed E-state index contributed by atoms with van der Waals surface area (Å²) in [6.45, 7) is 1.12. The number of hydrogen-bond acceptors (Lipinski definition) is 0. The second-order valence-corrected chi connectivity index (χ2v) is 9.79. The summed E-state index contributed by atoms with van der Waals surface area (Å²) in [6.07, 6.45) is 9.60. The average Bonchev–Trinajstić information content (AvgIpc) is 3.25. The predicted molar refractivity (Wildman–Crippen MR) is 94.9 cm³/mol. The molecule has 0 amide bonds. The maximum atomic E-state index is 2.56. The van der Waals surface area contributed by atoms with Crippen molar-refractivity contribution in [3.8, 4) is 0 Å². The highest BCUT2D eigenvalue weighted by Crippen LogP contribution is 2.68. The van der Waals surface area contributed by atoms with Crippen LogP contribution in [0.5, 0.6) is 0 Å². The van der Waals surface area contributed by atoms with E-state index in [1.54, 1.807) is 5.56 Å². The second kappa shape index (κ2) is 4.72. The van der Waals surface area contributed by atoms with Crippen molar-refractivity contribution in [1.29, 1.82) is 0 Å². The first-order valence-corrected chi connectivity index (χ1v) is 9.57. The number of fused-ring (bicyclic) bond motifs is 9. The molecule has 3 fully saturated rings. The van der Waals surface area contributed by atoms with Crippen LogP contribution in [-0.2, 0) is 6.54 Å². The van der Waals surface area contributed by atoms with Crippen molar-refractivity contribution in [2.75, 3.05) is 21.1 Å². The van der Waals surface area contributed by atoms with Crippen molar-refractivity contribution >= 4 is 0 Å². The molecule has 0 aliphatic heterocycles. The lowest BCUT2D eigenvalue weighted by Gasteiger charge is -2.37. The monoisotopic (exact) mass is 308 g/mol. The number of hydrogen-bond donors (Lipinski definition) is 0. The summed E-state index contributed by atoms with van der Waals surface area (Å²) in [7, 11) is 6.81. The van der Waals surface area contributed by atoms with Crippen LogP contribution in [0.2, 0.25) is 0 Å². The molecule has 0 aromatic heterocycles. The lowest BCUT2D eigenvalue weighted by molar-refractivity contribution is -0.884. The van der Waals surface area contributed by atoms with E-state index in [-0.39, 0.29) is 0 Å². The van der Waals surface area contributed by atoms with E-state index in [1.807, 2.05) is 0 Å². The molecule has 0 radical (unpaired) electrons. The fourth-order valence-corrected chi connectivity index (χ4v) is 6.82. The second-order valence-electron chi connectivity index (χ2n) is 9.79. The molecule has 4 bridgehead atoms. The summed E-state index contributed by atoms with van der Waals surface area (Å²) in [5, 5.41) is 0. The predicted octanol–water partition coefficient (Wildman–Crippen LogP) is 4.45. The van der Waals surface area contributed by atoms with Crippen molar-refractivity contribution in [2.24, 2.45) is 35.5 Å². The minimum absolute atomic E-state index is 0.854. The maximum absolute atomic E-state index is 2.56. The highest BCUT2D eigenvalue weighted by atomic mass is 15.3. The third kappa shape index (κ3) is 2.16. The zero-order valence-electron chi connectivity index (χ0n) is 14.8. The van der Waals surface area contributed by atoms with E-state index < -0.39 is 0 Å². The normalized spacial score (nSPS) is 43.3. The fraction of sp³-hybridized carbons (Fsp3) is 0.636. The van der Waals surface area contributed by atoms with Crippen molar-refractivity contribution in [1.82, 2.24) is 0 Å². The van der Waals surface area contributed by atoms with Crippen LogP contribution in [0, 0.1) is 35.5 Å². The van der Waals surface area contributed by atoms with Gasteiger partial charge in [0.05, 0.1) is 21.1 Å². The van der Waals surface area contributed by atoms with Crippen molar-refractivity contribution in [3.63, 3.8) is 0 Å². The van der Waals surface area contributed by atoms with Gasteiger partial charge in [0.15, 0.2) is 0 Å². The Morgan fingerprint density at radius 1 is 0.870 bits per heavy atom. The Morgan fingerprint density at radius 2 is 1.57 bits per heavy atom. The molecule has 0 heterocycles. The Bertz CT molecular complexity index is 635. The van der Waals surface area contributed by atoms with E-state index in [2.05, 4.69) is 57.6 Å². The summed E-state index contributed by atoms with van der Waals surface area (Å²) >= 11 is 0. The largest absolute Gasteiger partial charge is 0.327 e. The number of nitrogens with zero attached hydrogens (tertiary/aromatic N) is 1. The third-order valence-electron chi connectivity index (χ3n) is 7.33. The summed E-state index contributed by atoms with van der Waals surface area (Å²) in [4.78, 5) is 0. The number of allylic oxidation sites excluding steroid dienone is 2. The van der Waals surface area contributed by atoms with E-state index in [0.717, 1.165) is 52.5 Å². The first kappa shape index (κ1) is 14.3. The smallest absolute Gasteiger partial charge is 0.104 e. The fourth-order valence-electron chi connectivity index (χ4n) is 6.82. The van der Waals surface area contributed by atoms with Gasteiger partial charge in [0.25, 0.3) is 0 Å². The van der Waals surface area contributed by atoms with Gasteiger partial charge in [0, 0.05) is 5.56 Å². The maximum Gasteiger partial charge on any atom is 0.104 e. The van der Waals surface area contributed by atoms with Crippen LogP contribution in [0.25, 0.3) is 0 Å². The van der Waals surface area contributed by atoms with Crippen molar-refractivity contribution in [3.05, 3.63) is 47.5 Å². The molecule has 1 aromatic rings. The van der Waals surface area contributed by atoms with Gasteiger partial charge in [-0.1, -0.05) is 36.4 Å². The SMILES string of the molecule is C[N+](C)(C)Cc1ccc(C2CC3CC2C2C4C=CC(C4)C32)cc1. The van der Waals surface area contributed by atoms with Gasteiger partial charge in [-0.2, -0.15) is 0 Å². The third-order valence-corrected chi connectivity index (χ3v) is 7.33. The van der Waals surface area contributed by atoms with Gasteiger partial charge in [-0.3, -0.25) is 0 Å². The lowest BCUT2D eigenvalue weighted by Crippen LogP contribution is -2.33. The van der Waals surface area contributed by atoms with Gasteiger partial charge in [-0.15, -0.1) is 0 Å². The van der Waals surface area contributed by atoms with Crippen LogP contribution in [0.3, 0.4) is 0 Å². The molecule has 7 unspecified atom stereocenters. The quantitative estimate of drug-likeness (QED) is 0.439. The average molecular weight is 308 g/mol. The lowest BCUT2D eigenvalue weighted by atomic mass is 9.68. The van der Waals surface area contributed by atoms with E-state index >= 15 is 0 Å². The van der Waals surface area contributed by atoms with Crippen molar-refractivity contribution in [2.45, 2.75) is 31.7 Å². The first-order valence-electron chi connectivity index (χ1n) is 9.57. The molecule has 7 atom stereocenters. The molecule has 0 saturated heterocycles. The Balaban J connectivity index is 1.37. The zero-order valence-corrected chi connectivity index (χ0v) is 14.8. The van der Waals surface area contributed by atoms with E-state index in [4.69, 9.17) is 0 Å². The number of quaternary nitrogens is 1. The molecule has 4 aliphatic rings. The molecule has 1 nitrogen and oxygen atoms in total. The number of rotatable bonds is 3. The van der Waals surface area contributed by atoms with Crippen LogP contribution < -0.4 is 0 Å². The Hall–Kier alpha value is -1.08. The summed E-state index contributed by atoms with van der Waals surface area (Å²) in [5.41, 5.74) is 3.11. The molecule has 23 heavy (non-hydrogen) atoms. The molecule has 0 N–H and O–H groups in total. The Kier molecular flexibility index (Phi) is 2.93. The van der Waals surface area contributed by atoms with E-state index in [1.165, 1.54) is 24.8 Å². The van der Waals surface area contributed by atoms with Gasteiger partial charge in [0.2, 0.25) is 0 Å². The molecule has 122 valence electrons. The van der Waals surface area contributed by atoms with Crippen LogP contribution in [0.1, 0.15) is 36.3 Å². The minimum Gasteiger partial charge on any atom is -0.327 e. The molecule has 1 aromatic carbocycles. The summed E-state index contributed by atoms with van der Waals surface area (Å²) in [5.74, 6) is 6.83. The zero-order chi connectivity index (χ0) is 15.8. The van der Waals surface area contributed by atoms with Crippen LogP contribution in [0.15, 0.2) is 36.4 Å². The van der Waals surface area contributed by atoms with Gasteiger partial charge >= 0.3 is 0 Å². The standard InChI is InChI=1S/C22H30N/c1-23(2,3)13-14-4-6-15(7-5-14)19-11-18-12-20(19)22-17-9-8-16(10-17)21(18)22/h4-9,16-22H,10-13H2,1-3H3/q+1. The molecular formula is C22H30N+. The van der Waals surface area contributed by atoms with E-state index in [0.29, 0.717) is 0 Å².